The molecule has 0 aliphatic carbocycles. The van der Waals surface area contributed by atoms with Gasteiger partial charge >= 0.3 is 5.97 Å². The van der Waals surface area contributed by atoms with E-state index in [2.05, 4.69) is 0 Å². The molecular weight excluding hydrogens is 152 g/mol. The van der Waals surface area contributed by atoms with Crippen molar-refractivity contribution >= 4 is 5.97 Å². The average Bonchev–Trinajstić information content (AvgIpc) is 2.05. The molecule has 1 aromatic rings. The molecule has 12 heavy (non-hydrogen) atoms. The molecule has 0 bridgehead atoms. The third kappa shape index (κ3) is 3.19. The summed E-state index contributed by atoms with van der Waals surface area (Å²) in [4.78, 5) is 10.1. The minimum Gasteiger partial charge on any atom is -0.247 e. The summed E-state index contributed by atoms with van der Waals surface area (Å²) in [5.41, 5.74) is 1.18. The monoisotopic (exact) mass is 163 g/mol. The molecule has 0 fully saturated rings. The second kappa shape index (κ2) is 4.54. The summed E-state index contributed by atoms with van der Waals surface area (Å²) in [6.07, 6.45) is 1.62. The smallest absolute Gasteiger partial charge is 0.247 e. The molecule has 1 radical (unpaired) electrons. The van der Waals surface area contributed by atoms with Crippen LogP contribution in [0.4, 0.5) is 0 Å². The first-order valence-electron chi connectivity index (χ1n) is 4.03. The summed E-state index contributed by atoms with van der Waals surface area (Å²) in [6.45, 7) is 0. The van der Waals surface area contributed by atoms with Crippen molar-refractivity contribution < 1.29 is 9.90 Å². The minimum absolute atomic E-state index is 0.148. The van der Waals surface area contributed by atoms with Crippen LogP contribution in [-0.4, -0.2) is 5.97 Å². The molecule has 1 rings (SSSR count). The van der Waals surface area contributed by atoms with Gasteiger partial charge < -0.3 is 0 Å². The second-order valence-corrected chi connectivity index (χ2v) is 2.71. The first kappa shape index (κ1) is 8.78. The summed E-state index contributed by atoms with van der Waals surface area (Å²) in [5.74, 6) is -0.967. The Morgan fingerprint density at radius 1 is 1.17 bits per heavy atom. The van der Waals surface area contributed by atoms with Crippen molar-refractivity contribution in [3.63, 3.8) is 0 Å². The van der Waals surface area contributed by atoms with Crippen LogP contribution >= 0.6 is 0 Å². The minimum atomic E-state index is -0.967. The molecular formula is C10H11O2. The lowest BCUT2D eigenvalue weighted by molar-refractivity contribution is -0.143. The van der Waals surface area contributed by atoms with Crippen LogP contribution in [0.3, 0.4) is 0 Å². The normalized spacial score (nSPS) is 9.67. The fourth-order valence-corrected chi connectivity index (χ4v) is 1.08. The van der Waals surface area contributed by atoms with Crippen molar-refractivity contribution in [2.75, 3.05) is 0 Å². The number of carbonyl (C=O) groups is 1. The fraction of sp³-hybridized carbons (Fsp3) is 0.300. The Labute approximate surface area is 71.8 Å². The predicted octanol–water partition coefficient (Wildman–Crippen LogP) is 1.97. The number of rotatable bonds is 4. The van der Waals surface area contributed by atoms with Gasteiger partial charge in [0.1, 0.15) is 0 Å². The molecule has 0 heterocycles. The Hall–Kier alpha value is -1.31. The molecule has 0 aromatic heterocycles. The Morgan fingerprint density at radius 2 is 1.83 bits per heavy atom. The van der Waals surface area contributed by atoms with Crippen LogP contribution in [0.25, 0.3) is 0 Å². The average molecular weight is 163 g/mol. The largest absolute Gasteiger partial charge is 0.355 e. The van der Waals surface area contributed by atoms with Gasteiger partial charge in [-0.1, -0.05) is 30.3 Å². The third-order valence-corrected chi connectivity index (χ3v) is 1.69. The molecule has 0 saturated heterocycles. The number of carbonyl (C=O) groups excluding carboxylic acids is 1. The number of aryl methyl sites for hydroxylation is 1. The lowest BCUT2D eigenvalue weighted by atomic mass is 10.1. The third-order valence-electron chi connectivity index (χ3n) is 1.69. The molecule has 0 N–H and O–H groups in total. The van der Waals surface area contributed by atoms with Crippen LogP contribution in [0, 0.1) is 0 Å². The number of hydrogen-bond acceptors (Lipinski definition) is 1. The summed E-state index contributed by atoms with van der Waals surface area (Å²) in [6, 6.07) is 9.84. The van der Waals surface area contributed by atoms with Gasteiger partial charge in [-0.15, -0.1) is 0 Å². The van der Waals surface area contributed by atoms with E-state index in [1.54, 1.807) is 0 Å². The van der Waals surface area contributed by atoms with Gasteiger partial charge in [0.05, 0.1) is 6.42 Å². The van der Waals surface area contributed by atoms with E-state index in [1.165, 1.54) is 5.56 Å². The molecule has 2 nitrogen and oxygen atoms in total. The number of benzene rings is 1. The van der Waals surface area contributed by atoms with Crippen molar-refractivity contribution in [2.24, 2.45) is 0 Å². The molecule has 2 heteroatoms. The molecule has 0 saturated carbocycles. The predicted molar refractivity (Wildman–Crippen MR) is 45.1 cm³/mol. The van der Waals surface area contributed by atoms with E-state index in [1.807, 2.05) is 30.3 Å². The van der Waals surface area contributed by atoms with E-state index in [0.29, 0.717) is 6.42 Å². The molecule has 63 valence electrons. The molecule has 0 spiro atoms. The Balaban J connectivity index is 2.29. The Bertz CT molecular complexity index is 241. The summed E-state index contributed by atoms with van der Waals surface area (Å²) in [7, 11) is 0. The zero-order valence-electron chi connectivity index (χ0n) is 6.82. The van der Waals surface area contributed by atoms with Crippen molar-refractivity contribution in [2.45, 2.75) is 19.3 Å². The topological polar surface area (TPSA) is 37.0 Å². The van der Waals surface area contributed by atoms with Crippen molar-refractivity contribution in [1.29, 1.82) is 0 Å². The van der Waals surface area contributed by atoms with Gasteiger partial charge in [0.15, 0.2) is 0 Å². The second-order valence-electron chi connectivity index (χ2n) is 2.71. The van der Waals surface area contributed by atoms with Crippen LogP contribution in [-0.2, 0) is 16.3 Å². The van der Waals surface area contributed by atoms with Crippen LogP contribution in [0.15, 0.2) is 30.3 Å². The van der Waals surface area contributed by atoms with Gasteiger partial charge in [-0.3, -0.25) is 0 Å². The molecule has 0 aliphatic heterocycles. The van der Waals surface area contributed by atoms with Gasteiger partial charge in [0, 0.05) is 0 Å². The van der Waals surface area contributed by atoms with E-state index in [-0.39, 0.29) is 6.42 Å². The zero-order chi connectivity index (χ0) is 8.81. The van der Waals surface area contributed by atoms with Crippen molar-refractivity contribution in [3.8, 4) is 0 Å². The highest BCUT2D eigenvalue weighted by Crippen LogP contribution is 2.03. The quantitative estimate of drug-likeness (QED) is 0.668. The number of hydrogen-bond donors (Lipinski definition) is 0. The molecule has 0 amide bonds. The lowest BCUT2D eigenvalue weighted by Crippen LogP contribution is -1.93. The SMILES string of the molecule is [O]C(=O)CCCc1ccccc1. The molecule has 0 aliphatic rings. The molecule has 0 unspecified atom stereocenters. The van der Waals surface area contributed by atoms with Crippen LogP contribution < -0.4 is 0 Å². The van der Waals surface area contributed by atoms with E-state index in [9.17, 15) is 9.90 Å². The molecule has 0 atom stereocenters. The van der Waals surface area contributed by atoms with E-state index in [0.717, 1.165) is 6.42 Å². The van der Waals surface area contributed by atoms with Gasteiger partial charge in [0.2, 0.25) is 0 Å². The first-order chi connectivity index (χ1) is 5.79. The van der Waals surface area contributed by atoms with Crippen LogP contribution in [0.5, 0.6) is 0 Å². The maximum Gasteiger partial charge on any atom is 0.355 e. The van der Waals surface area contributed by atoms with Crippen molar-refractivity contribution in [1.82, 2.24) is 0 Å². The summed E-state index contributed by atoms with van der Waals surface area (Å²) in [5, 5.41) is 10.1. The van der Waals surface area contributed by atoms with E-state index >= 15 is 0 Å². The van der Waals surface area contributed by atoms with Gasteiger partial charge in [-0.2, -0.15) is 0 Å². The standard InChI is InChI=1S/C10H11O2/c11-10(12)8-4-7-9-5-2-1-3-6-9/h1-3,5-6H,4,7-8H2. The van der Waals surface area contributed by atoms with Gasteiger partial charge in [-0.05, 0) is 18.4 Å². The van der Waals surface area contributed by atoms with Crippen LogP contribution in [0.1, 0.15) is 18.4 Å². The van der Waals surface area contributed by atoms with Gasteiger partial charge in [0.25, 0.3) is 0 Å². The lowest BCUT2D eigenvalue weighted by Gasteiger charge is -1.96. The highest BCUT2D eigenvalue weighted by molar-refractivity contribution is 5.66. The Kier molecular flexibility index (Phi) is 3.33. The summed E-state index contributed by atoms with van der Waals surface area (Å²) >= 11 is 0. The van der Waals surface area contributed by atoms with Gasteiger partial charge in [-0.25, -0.2) is 9.90 Å². The molecule has 1 aromatic carbocycles. The van der Waals surface area contributed by atoms with E-state index in [4.69, 9.17) is 0 Å². The van der Waals surface area contributed by atoms with E-state index < -0.39 is 5.97 Å². The Morgan fingerprint density at radius 3 is 2.42 bits per heavy atom. The fourth-order valence-electron chi connectivity index (χ4n) is 1.08. The first-order valence-corrected chi connectivity index (χ1v) is 4.03. The summed E-state index contributed by atoms with van der Waals surface area (Å²) < 4.78 is 0. The maximum absolute atomic E-state index is 10.1. The highest BCUT2D eigenvalue weighted by Gasteiger charge is 1.98. The zero-order valence-corrected chi connectivity index (χ0v) is 6.82. The van der Waals surface area contributed by atoms with Crippen molar-refractivity contribution in [3.05, 3.63) is 35.9 Å². The highest BCUT2D eigenvalue weighted by atomic mass is 16.4. The van der Waals surface area contributed by atoms with Crippen LogP contribution in [0.2, 0.25) is 0 Å². The maximum atomic E-state index is 10.1.